The predicted molar refractivity (Wildman–Crippen MR) is 121 cm³/mol. The second kappa shape index (κ2) is 11.6. The van der Waals surface area contributed by atoms with E-state index in [1.807, 2.05) is 0 Å². The van der Waals surface area contributed by atoms with Crippen molar-refractivity contribution < 1.29 is 18.9 Å². The highest BCUT2D eigenvalue weighted by Gasteiger charge is 2.42. The van der Waals surface area contributed by atoms with Gasteiger partial charge in [0.15, 0.2) is 0 Å². The van der Waals surface area contributed by atoms with Gasteiger partial charge < -0.3 is 18.9 Å². The number of methoxy groups -OCH3 is 1. The highest BCUT2D eigenvalue weighted by atomic mass is 16.5. The molecule has 0 bridgehead atoms. The summed E-state index contributed by atoms with van der Waals surface area (Å²) in [5, 5.41) is 0. The average molecular weight is 413 g/mol. The van der Waals surface area contributed by atoms with Gasteiger partial charge in [0.25, 0.3) is 0 Å². The van der Waals surface area contributed by atoms with E-state index in [1.165, 1.54) is 27.8 Å². The molecule has 1 atom stereocenters. The molecule has 0 aliphatic heterocycles. The van der Waals surface area contributed by atoms with Crippen molar-refractivity contribution in [1.82, 2.24) is 0 Å². The SMILES string of the molecule is CCCOCCC1(CCOCCOCCOC)c2ccccc2-c2ccc(C)cc21. The van der Waals surface area contributed by atoms with Crippen LogP contribution in [0.4, 0.5) is 0 Å². The van der Waals surface area contributed by atoms with Gasteiger partial charge in [-0.05, 0) is 48.4 Å². The minimum atomic E-state index is -0.0669. The van der Waals surface area contributed by atoms with Gasteiger partial charge >= 0.3 is 0 Å². The van der Waals surface area contributed by atoms with Gasteiger partial charge in [-0.15, -0.1) is 0 Å². The van der Waals surface area contributed by atoms with E-state index in [-0.39, 0.29) is 5.41 Å². The molecular formula is C26H36O4. The lowest BCUT2D eigenvalue weighted by Gasteiger charge is -2.32. The minimum absolute atomic E-state index is 0.0669. The molecule has 4 heteroatoms. The number of benzene rings is 2. The zero-order valence-corrected chi connectivity index (χ0v) is 18.7. The molecule has 4 nitrogen and oxygen atoms in total. The fourth-order valence-corrected chi connectivity index (χ4v) is 4.44. The maximum atomic E-state index is 5.98. The van der Waals surface area contributed by atoms with Crippen LogP contribution in [-0.2, 0) is 24.4 Å². The van der Waals surface area contributed by atoms with Gasteiger partial charge in [-0.3, -0.25) is 0 Å². The lowest BCUT2D eigenvalue weighted by Crippen LogP contribution is -2.29. The molecule has 0 amide bonds. The van der Waals surface area contributed by atoms with Crippen molar-refractivity contribution in [3.63, 3.8) is 0 Å². The van der Waals surface area contributed by atoms with Crippen LogP contribution in [0.15, 0.2) is 42.5 Å². The summed E-state index contributed by atoms with van der Waals surface area (Å²) in [5.41, 5.74) is 6.77. The Kier molecular flexibility index (Phi) is 8.88. The predicted octanol–water partition coefficient (Wildman–Crippen LogP) is 5.15. The first-order valence-electron chi connectivity index (χ1n) is 11.2. The van der Waals surface area contributed by atoms with Crippen molar-refractivity contribution in [1.29, 1.82) is 0 Å². The molecule has 0 saturated carbocycles. The summed E-state index contributed by atoms with van der Waals surface area (Å²) in [6.45, 7) is 9.03. The first-order valence-corrected chi connectivity index (χ1v) is 11.2. The monoisotopic (exact) mass is 412 g/mol. The van der Waals surface area contributed by atoms with Gasteiger partial charge in [-0.1, -0.05) is 55.0 Å². The largest absolute Gasteiger partial charge is 0.382 e. The molecule has 2 aromatic carbocycles. The Morgan fingerprint density at radius 1 is 0.700 bits per heavy atom. The van der Waals surface area contributed by atoms with Gasteiger partial charge in [0.05, 0.1) is 26.4 Å². The first kappa shape index (κ1) is 23.0. The molecule has 0 saturated heterocycles. The van der Waals surface area contributed by atoms with Crippen molar-refractivity contribution in [2.24, 2.45) is 0 Å². The van der Waals surface area contributed by atoms with Gasteiger partial charge in [0, 0.05) is 32.3 Å². The third-order valence-electron chi connectivity index (χ3n) is 5.92. The average Bonchev–Trinajstić information content (AvgIpc) is 3.03. The molecule has 0 aromatic heterocycles. The molecule has 1 aliphatic carbocycles. The number of ether oxygens (including phenoxy) is 4. The standard InChI is InChI=1S/C26H36O4/c1-4-13-28-14-11-26(12-15-29-18-19-30-17-16-27-3)24-8-6-5-7-22(24)23-10-9-21(2)20-25(23)26/h5-10,20H,4,11-19H2,1-3H3. The number of hydrogen-bond acceptors (Lipinski definition) is 4. The number of hydrogen-bond donors (Lipinski definition) is 0. The summed E-state index contributed by atoms with van der Waals surface area (Å²) in [7, 11) is 1.68. The summed E-state index contributed by atoms with van der Waals surface area (Å²) >= 11 is 0. The smallest absolute Gasteiger partial charge is 0.0701 e. The summed E-state index contributed by atoms with van der Waals surface area (Å²) in [6, 6.07) is 15.7. The maximum Gasteiger partial charge on any atom is 0.0701 e. The topological polar surface area (TPSA) is 36.9 Å². The molecule has 0 heterocycles. The van der Waals surface area contributed by atoms with Crippen LogP contribution >= 0.6 is 0 Å². The third-order valence-corrected chi connectivity index (χ3v) is 5.92. The number of rotatable bonds is 14. The van der Waals surface area contributed by atoms with E-state index in [9.17, 15) is 0 Å². The highest BCUT2D eigenvalue weighted by Crippen LogP contribution is 2.52. The Bertz CT molecular complexity index is 788. The van der Waals surface area contributed by atoms with Gasteiger partial charge in [-0.2, -0.15) is 0 Å². The van der Waals surface area contributed by atoms with E-state index >= 15 is 0 Å². The maximum absolute atomic E-state index is 5.98. The Morgan fingerprint density at radius 2 is 1.33 bits per heavy atom. The van der Waals surface area contributed by atoms with Crippen LogP contribution in [0.25, 0.3) is 11.1 Å². The molecule has 2 aromatic rings. The van der Waals surface area contributed by atoms with Crippen LogP contribution in [0.1, 0.15) is 42.9 Å². The summed E-state index contributed by atoms with van der Waals surface area (Å²) in [6.07, 6.45) is 2.95. The summed E-state index contributed by atoms with van der Waals surface area (Å²) in [4.78, 5) is 0. The van der Waals surface area contributed by atoms with Gasteiger partial charge in [-0.25, -0.2) is 0 Å². The molecule has 0 fully saturated rings. The van der Waals surface area contributed by atoms with Crippen molar-refractivity contribution >= 4 is 0 Å². The fourth-order valence-electron chi connectivity index (χ4n) is 4.44. The van der Waals surface area contributed by atoms with E-state index in [2.05, 4.69) is 56.3 Å². The van der Waals surface area contributed by atoms with Crippen LogP contribution in [0.5, 0.6) is 0 Å². The van der Waals surface area contributed by atoms with Crippen molar-refractivity contribution in [3.05, 3.63) is 59.2 Å². The fraction of sp³-hybridized carbons (Fsp3) is 0.538. The molecule has 0 spiro atoms. The number of aryl methyl sites for hydroxylation is 1. The summed E-state index contributed by atoms with van der Waals surface area (Å²) < 4.78 is 22.4. The van der Waals surface area contributed by atoms with Gasteiger partial charge in [0.1, 0.15) is 0 Å². The highest BCUT2D eigenvalue weighted by molar-refractivity contribution is 5.81. The molecule has 1 unspecified atom stereocenters. The van der Waals surface area contributed by atoms with E-state index < -0.39 is 0 Å². The number of fused-ring (bicyclic) bond motifs is 3. The lowest BCUT2D eigenvalue weighted by molar-refractivity contribution is 0.0203. The summed E-state index contributed by atoms with van der Waals surface area (Å²) in [5.74, 6) is 0. The van der Waals surface area contributed by atoms with Gasteiger partial charge in [0.2, 0.25) is 0 Å². The zero-order valence-electron chi connectivity index (χ0n) is 18.7. The quantitative estimate of drug-likeness (QED) is 0.402. The second-order valence-electron chi connectivity index (χ2n) is 8.01. The van der Waals surface area contributed by atoms with Crippen LogP contribution in [0.3, 0.4) is 0 Å². The van der Waals surface area contributed by atoms with Crippen LogP contribution in [0.2, 0.25) is 0 Å². The van der Waals surface area contributed by atoms with E-state index in [1.54, 1.807) is 7.11 Å². The second-order valence-corrected chi connectivity index (χ2v) is 8.01. The molecule has 1 aliphatic rings. The molecular weight excluding hydrogens is 376 g/mol. The molecule has 0 N–H and O–H groups in total. The minimum Gasteiger partial charge on any atom is -0.382 e. The molecule has 30 heavy (non-hydrogen) atoms. The third kappa shape index (κ3) is 5.30. The van der Waals surface area contributed by atoms with Crippen molar-refractivity contribution in [2.75, 3.05) is 53.4 Å². The van der Waals surface area contributed by atoms with Crippen molar-refractivity contribution in [3.8, 4) is 11.1 Å². The van der Waals surface area contributed by atoms with Crippen LogP contribution < -0.4 is 0 Å². The van der Waals surface area contributed by atoms with Crippen LogP contribution in [-0.4, -0.2) is 53.4 Å². The van der Waals surface area contributed by atoms with E-state index in [0.717, 1.165) is 32.5 Å². The van der Waals surface area contributed by atoms with Crippen molar-refractivity contribution in [2.45, 2.75) is 38.5 Å². The molecule has 0 radical (unpaired) electrons. The normalized spacial score (nSPS) is 17.2. The molecule has 3 rings (SSSR count). The Balaban J connectivity index is 1.76. The van der Waals surface area contributed by atoms with E-state index in [0.29, 0.717) is 33.0 Å². The Hall–Kier alpha value is -1.72. The van der Waals surface area contributed by atoms with E-state index in [4.69, 9.17) is 18.9 Å². The van der Waals surface area contributed by atoms with Crippen LogP contribution in [0, 0.1) is 6.92 Å². The Morgan fingerprint density at radius 3 is 2.07 bits per heavy atom. The first-order chi connectivity index (χ1) is 14.7. The molecule has 164 valence electrons. The lowest BCUT2D eigenvalue weighted by atomic mass is 9.73. The zero-order chi connectivity index (χ0) is 21.2. The Labute approximate surface area is 181 Å².